The van der Waals surface area contributed by atoms with Gasteiger partial charge in [-0.2, -0.15) is 0 Å². The normalized spacial score (nSPS) is 42.2. The Labute approximate surface area is 236 Å². The van der Waals surface area contributed by atoms with Gasteiger partial charge in [0, 0.05) is 12.0 Å². The largest absolute Gasteiger partial charge is 0.466 e. The van der Waals surface area contributed by atoms with Crippen LogP contribution < -0.4 is 5.32 Å². The topological polar surface area (TPSA) is 93.9 Å². The van der Waals surface area contributed by atoms with Gasteiger partial charge < -0.3 is 10.1 Å². The number of nitro benzene ring substituents is 1. The summed E-state index contributed by atoms with van der Waals surface area (Å²) < 4.78 is 5.64. The number of carbonyl (C=O) groups excluding carboxylic acids is 1. The Morgan fingerprint density at radius 1 is 1.18 bits per heavy atom. The van der Waals surface area contributed by atoms with Crippen LogP contribution >= 0.6 is 12.2 Å². The molecule has 1 spiro atoms. The molecular weight excluding hydrogens is 514 g/mol. The molecule has 6 rings (SSSR count). The number of para-hydroxylation sites is 2. The second-order valence-corrected chi connectivity index (χ2v) is 14.0. The molecule has 212 valence electrons. The van der Waals surface area contributed by atoms with E-state index in [4.69, 9.17) is 21.8 Å². The number of nitrogens with one attached hydrogen (secondary N) is 1. The highest BCUT2D eigenvalue weighted by Crippen LogP contribution is 2.76. The quantitative estimate of drug-likeness (QED) is 0.195. The Bertz CT molecular complexity index is 1210. The molecule has 4 aliphatic carbocycles. The summed E-state index contributed by atoms with van der Waals surface area (Å²) >= 11 is 5.83. The maximum Gasteiger partial charge on any atom is 0.312 e. The van der Waals surface area contributed by atoms with E-state index in [-0.39, 0.29) is 38.9 Å². The number of anilines is 1. The summed E-state index contributed by atoms with van der Waals surface area (Å²) in [6.45, 7) is 9.99. The number of nitrogens with zero attached hydrogens (tertiary/aromatic N) is 2. The second-order valence-electron chi connectivity index (χ2n) is 13.6. The van der Waals surface area contributed by atoms with Crippen LogP contribution in [0.4, 0.5) is 11.4 Å². The van der Waals surface area contributed by atoms with E-state index in [0.29, 0.717) is 41.8 Å². The smallest absolute Gasteiger partial charge is 0.312 e. The average Bonchev–Trinajstić information content (AvgIpc) is 3.42. The van der Waals surface area contributed by atoms with Gasteiger partial charge in [0.25, 0.3) is 5.69 Å². The van der Waals surface area contributed by atoms with E-state index in [2.05, 4.69) is 26.1 Å². The molecule has 2 bridgehead atoms. The molecule has 1 heterocycles. The first-order valence-electron chi connectivity index (χ1n) is 14.6. The van der Waals surface area contributed by atoms with Gasteiger partial charge in [-0.05, 0) is 105 Å². The van der Waals surface area contributed by atoms with Crippen LogP contribution in [0, 0.1) is 49.5 Å². The van der Waals surface area contributed by atoms with Gasteiger partial charge >= 0.3 is 5.97 Å². The van der Waals surface area contributed by atoms with Crippen molar-refractivity contribution in [1.82, 2.24) is 5.06 Å². The zero-order valence-electron chi connectivity index (χ0n) is 23.5. The van der Waals surface area contributed by atoms with E-state index in [0.717, 1.165) is 51.4 Å². The Hall–Kier alpha value is -2.26. The van der Waals surface area contributed by atoms with Crippen molar-refractivity contribution in [3.05, 3.63) is 34.4 Å². The Balaban J connectivity index is 1.30. The minimum Gasteiger partial charge on any atom is -0.466 e. The van der Waals surface area contributed by atoms with E-state index in [1.165, 1.54) is 6.07 Å². The number of thiocarbonyl (C=S) groups is 1. The highest BCUT2D eigenvalue weighted by molar-refractivity contribution is 7.80. The SMILES string of the molecule is CCOC(=O)[C@]1(C)CCC[C@@]2(C)[C@@H]3CC[C@@]4(C)C[C@]3(CC[C@@H]21)[C@@H]1CON(C(=S)Nc2ccccc2[N+](=O)[O-])[C@@H]14. The molecule has 0 unspecified atom stereocenters. The van der Waals surface area contributed by atoms with Crippen molar-refractivity contribution in [3.63, 3.8) is 0 Å². The van der Waals surface area contributed by atoms with Crippen molar-refractivity contribution >= 4 is 34.7 Å². The lowest BCUT2D eigenvalue weighted by molar-refractivity contribution is -0.383. The molecule has 1 N–H and O–H groups in total. The number of hydroxylamine groups is 2. The summed E-state index contributed by atoms with van der Waals surface area (Å²) in [7, 11) is 0. The van der Waals surface area contributed by atoms with Gasteiger partial charge in [-0.15, -0.1) is 0 Å². The molecule has 9 heteroatoms. The standard InChI is InChI=1S/C30H41N3O5S/c1-5-37-25(34)29(4)14-8-13-28(3)22(29)12-16-30-18-27(2,15-11-23(28)30)24-19(30)17-38-32(24)26(39)31-20-9-6-7-10-21(20)33(35)36/h6-7,9-10,19,22-24H,5,8,11-18H2,1-4H3,(H,31,39)/t19-,22+,23+,24+,27+,28-,29-,30-/m1/s1. The van der Waals surface area contributed by atoms with Crippen LogP contribution in [0.5, 0.6) is 0 Å². The number of carbonyl (C=O) groups is 1. The molecular formula is C30H41N3O5S. The summed E-state index contributed by atoms with van der Waals surface area (Å²) in [5.74, 6) is 1.19. The lowest BCUT2D eigenvalue weighted by atomic mass is 9.39. The van der Waals surface area contributed by atoms with Crippen LogP contribution in [0.15, 0.2) is 24.3 Å². The summed E-state index contributed by atoms with van der Waals surface area (Å²) in [6, 6.07) is 6.73. The van der Waals surface area contributed by atoms with Crippen LogP contribution in [0.2, 0.25) is 0 Å². The fraction of sp³-hybridized carbons (Fsp3) is 0.733. The van der Waals surface area contributed by atoms with Gasteiger partial charge in [0.1, 0.15) is 5.69 Å². The van der Waals surface area contributed by atoms with Crippen molar-refractivity contribution in [3.8, 4) is 0 Å². The monoisotopic (exact) mass is 555 g/mol. The Kier molecular flexibility index (Phi) is 6.30. The van der Waals surface area contributed by atoms with Crippen molar-refractivity contribution in [1.29, 1.82) is 0 Å². The molecule has 5 aliphatic rings. The molecule has 8 nitrogen and oxygen atoms in total. The molecule has 1 aliphatic heterocycles. The summed E-state index contributed by atoms with van der Waals surface area (Å²) in [4.78, 5) is 30.8. The average molecular weight is 556 g/mol. The predicted octanol–water partition coefficient (Wildman–Crippen LogP) is 6.50. The number of hydrogen-bond acceptors (Lipinski definition) is 6. The van der Waals surface area contributed by atoms with E-state index < -0.39 is 5.41 Å². The third-order valence-electron chi connectivity index (χ3n) is 11.9. The van der Waals surface area contributed by atoms with Crippen LogP contribution in [0.25, 0.3) is 0 Å². The number of esters is 1. The first-order chi connectivity index (χ1) is 18.5. The number of hydrogen-bond donors (Lipinski definition) is 1. The van der Waals surface area contributed by atoms with Crippen molar-refractivity contribution < 1.29 is 19.3 Å². The van der Waals surface area contributed by atoms with E-state index in [1.54, 1.807) is 18.2 Å². The molecule has 39 heavy (non-hydrogen) atoms. The summed E-state index contributed by atoms with van der Waals surface area (Å²) in [6.07, 6.45) is 8.68. The third-order valence-corrected chi connectivity index (χ3v) is 12.1. The highest BCUT2D eigenvalue weighted by atomic mass is 32.1. The fourth-order valence-electron chi connectivity index (χ4n) is 10.6. The molecule has 4 saturated carbocycles. The van der Waals surface area contributed by atoms with Crippen LogP contribution in [-0.2, 0) is 14.4 Å². The molecule has 0 radical (unpaired) electrons. The Morgan fingerprint density at radius 3 is 2.67 bits per heavy atom. The van der Waals surface area contributed by atoms with Crippen molar-refractivity contribution in [2.24, 2.45) is 39.4 Å². The number of ether oxygens (including phenoxy) is 1. The number of benzene rings is 1. The predicted molar refractivity (Wildman–Crippen MR) is 152 cm³/mol. The Morgan fingerprint density at radius 2 is 1.92 bits per heavy atom. The van der Waals surface area contributed by atoms with E-state index in [9.17, 15) is 14.9 Å². The zero-order chi connectivity index (χ0) is 27.8. The minimum atomic E-state index is -0.419. The number of rotatable bonds is 4. The second kappa shape index (κ2) is 9.13. The highest BCUT2D eigenvalue weighted by Gasteiger charge is 2.74. The fourth-order valence-corrected chi connectivity index (χ4v) is 10.8. The van der Waals surface area contributed by atoms with Crippen molar-refractivity contribution in [2.75, 3.05) is 18.5 Å². The van der Waals surface area contributed by atoms with Crippen molar-refractivity contribution in [2.45, 2.75) is 85.1 Å². The van der Waals surface area contributed by atoms with Crippen LogP contribution in [0.1, 0.15) is 79.1 Å². The summed E-state index contributed by atoms with van der Waals surface area (Å²) in [5, 5.41) is 17.0. The first-order valence-corrected chi connectivity index (χ1v) is 15.0. The van der Waals surface area contributed by atoms with Gasteiger partial charge in [0.05, 0.1) is 29.6 Å². The van der Waals surface area contributed by atoms with E-state index >= 15 is 0 Å². The van der Waals surface area contributed by atoms with Crippen LogP contribution in [0.3, 0.4) is 0 Å². The maximum absolute atomic E-state index is 13.3. The molecule has 1 aromatic rings. The number of nitro groups is 1. The van der Waals surface area contributed by atoms with Gasteiger partial charge in [-0.1, -0.05) is 32.4 Å². The lowest BCUT2D eigenvalue weighted by Crippen LogP contribution is -2.60. The van der Waals surface area contributed by atoms with Gasteiger partial charge in [-0.25, -0.2) is 5.06 Å². The van der Waals surface area contributed by atoms with Crippen LogP contribution in [-0.4, -0.2) is 40.3 Å². The third kappa shape index (κ3) is 3.71. The molecule has 5 fully saturated rings. The molecule has 0 amide bonds. The molecule has 8 atom stereocenters. The lowest BCUT2D eigenvalue weighted by Gasteiger charge is -2.64. The molecule has 1 aromatic carbocycles. The van der Waals surface area contributed by atoms with E-state index in [1.807, 2.05) is 12.0 Å². The summed E-state index contributed by atoms with van der Waals surface area (Å²) in [5.41, 5.74) is 0.254. The maximum atomic E-state index is 13.3. The molecule has 0 aromatic heterocycles. The first kappa shape index (κ1) is 26.9. The molecule has 1 saturated heterocycles. The van der Waals surface area contributed by atoms with Gasteiger partial charge in [0.15, 0.2) is 5.11 Å². The van der Waals surface area contributed by atoms with Gasteiger partial charge in [0.2, 0.25) is 0 Å². The zero-order valence-corrected chi connectivity index (χ0v) is 24.4. The number of fused-ring (bicyclic) bond motifs is 5. The minimum absolute atomic E-state index is 0.00109. The van der Waals surface area contributed by atoms with Gasteiger partial charge in [-0.3, -0.25) is 19.7 Å².